The topological polar surface area (TPSA) is 23.5 Å². The van der Waals surface area contributed by atoms with Crippen LogP contribution in [0.4, 0.5) is 0 Å². The number of aliphatic hydroxyl groups is 1. The lowest BCUT2D eigenvalue weighted by molar-refractivity contribution is 0.136. The maximum absolute atomic E-state index is 9.24. The quantitative estimate of drug-likeness (QED) is 0.801. The first-order chi connectivity index (χ1) is 8.62. The Kier molecular flexibility index (Phi) is 6.37. The van der Waals surface area contributed by atoms with Crippen LogP contribution < -0.4 is 0 Å². The largest absolute Gasteiger partial charge is 0.395 e. The average molecular weight is 249 g/mol. The van der Waals surface area contributed by atoms with E-state index in [1.807, 2.05) is 0 Å². The number of benzene rings is 1. The van der Waals surface area contributed by atoms with Gasteiger partial charge in [-0.25, -0.2) is 0 Å². The van der Waals surface area contributed by atoms with Crippen LogP contribution in [0, 0.1) is 13.8 Å². The fourth-order valence-corrected chi connectivity index (χ4v) is 2.51. The molecule has 18 heavy (non-hydrogen) atoms. The molecule has 0 radical (unpaired) electrons. The third-order valence-electron chi connectivity index (χ3n) is 3.72. The first kappa shape index (κ1) is 15.2. The molecule has 0 bridgehead atoms. The van der Waals surface area contributed by atoms with Crippen molar-refractivity contribution in [2.24, 2.45) is 0 Å². The number of rotatable bonds is 7. The van der Waals surface area contributed by atoms with Gasteiger partial charge in [-0.15, -0.1) is 0 Å². The molecule has 0 saturated carbocycles. The van der Waals surface area contributed by atoms with E-state index in [2.05, 4.69) is 50.8 Å². The predicted molar refractivity (Wildman–Crippen MR) is 77.8 cm³/mol. The van der Waals surface area contributed by atoms with Crippen LogP contribution in [0.3, 0.4) is 0 Å². The molecule has 2 nitrogen and oxygen atoms in total. The zero-order valence-electron chi connectivity index (χ0n) is 12.2. The molecule has 2 heteroatoms. The van der Waals surface area contributed by atoms with Crippen molar-refractivity contribution in [1.82, 2.24) is 4.90 Å². The summed E-state index contributed by atoms with van der Waals surface area (Å²) in [6.07, 6.45) is 2.28. The van der Waals surface area contributed by atoms with Crippen LogP contribution in [0.1, 0.15) is 43.4 Å². The summed E-state index contributed by atoms with van der Waals surface area (Å²) in [6.45, 7) is 10.7. The third-order valence-corrected chi connectivity index (χ3v) is 3.72. The lowest BCUT2D eigenvalue weighted by atomic mass is 10.0. The summed E-state index contributed by atoms with van der Waals surface area (Å²) in [5.41, 5.74) is 4.04. The zero-order valence-corrected chi connectivity index (χ0v) is 12.2. The Morgan fingerprint density at radius 3 is 2.39 bits per heavy atom. The Balaban J connectivity index is 2.85. The molecule has 0 unspecified atom stereocenters. The summed E-state index contributed by atoms with van der Waals surface area (Å²) in [4.78, 5) is 2.40. The second-order valence-electron chi connectivity index (χ2n) is 5.09. The Morgan fingerprint density at radius 2 is 1.83 bits per heavy atom. The van der Waals surface area contributed by atoms with Crippen LogP contribution in [0.5, 0.6) is 0 Å². The van der Waals surface area contributed by atoms with Crippen molar-refractivity contribution in [2.45, 2.75) is 53.1 Å². The molecule has 0 aliphatic heterocycles. The molecule has 0 amide bonds. The minimum atomic E-state index is 0.237. The molecule has 0 saturated heterocycles. The Hall–Kier alpha value is -0.860. The third kappa shape index (κ3) is 4.11. The second kappa shape index (κ2) is 7.55. The van der Waals surface area contributed by atoms with Crippen LogP contribution in [-0.4, -0.2) is 29.2 Å². The fourth-order valence-electron chi connectivity index (χ4n) is 2.51. The van der Waals surface area contributed by atoms with E-state index in [1.54, 1.807) is 0 Å². The predicted octanol–water partition coefficient (Wildman–Crippen LogP) is 3.29. The van der Waals surface area contributed by atoms with Crippen molar-refractivity contribution in [1.29, 1.82) is 0 Å². The number of aliphatic hydroxyl groups excluding tert-OH is 1. The van der Waals surface area contributed by atoms with E-state index in [0.29, 0.717) is 6.04 Å². The number of hydrogen-bond acceptors (Lipinski definition) is 2. The van der Waals surface area contributed by atoms with Gasteiger partial charge in [-0.1, -0.05) is 37.6 Å². The number of nitrogens with zero attached hydrogens (tertiary/aromatic N) is 1. The van der Waals surface area contributed by atoms with Crippen molar-refractivity contribution in [2.75, 3.05) is 13.2 Å². The normalized spacial score (nSPS) is 11.5. The molecule has 0 heterocycles. The lowest BCUT2D eigenvalue weighted by Crippen LogP contribution is -2.36. The maximum atomic E-state index is 9.24. The SMILES string of the molecule is CCC(CC)N(CCO)Cc1cc(C)ccc1C. The van der Waals surface area contributed by atoms with Gasteiger partial charge in [0.15, 0.2) is 0 Å². The van der Waals surface area contributed by atoms with Crippen LogP contribution >= 0.6 is 0 Å². The molecule has 0 aliphatic rings. The van der Waals surface area contributed by atoms with Crippen LogP contribution in [-0.2, 0) is 6.54 Å². The molecule has 102 valence electrons. The van der Waals surface area contributed by atoms with Crippen LogP contribution in [0.2, 0.25) is 0 Å². The van der Waals surface area contributed by atoms with E-state index in [1.165, 1.54) is 16.7 Å². The van der Waals surface area contributed by atoms with E-state index in [-0.39, 0.29) is 6.61 Å². The highest BCUT2D eigenvalue weighted by Gasteiger charge is 2.15. The van der Waals surface area contributed by atoms with E-state index >= 15 is 0 Å². The summed E-state index contributed by atoms with van der Waals surface area (Å²) in [7, 11) is 0. The fraction of sp³-hybridized carbons (Fsp3) is 0.625. The summed E-state index contributed by atoms with van der Waals surface area (Å²) in [6, 6.07) is 7.18. The first-order valence-corrected chi connectivity index (χ1v) is 7.03. The highest BCUT2D eigenvalue weighted by molar-refractivity contribution is 5.30. The minimum absolute atomic E-state index is 0.237. The monoisotopic (exact) mass is 249 g/mol. The summed E-state index contributed by atoms with van der Waals surface area (Å²) in [5, 5.41) is 9.24. The molecule has 0 aromatic heterocycles. The van der Waals surface area contributed by atoms with E-state index in [0.717, 1.165) is 25.9 Å². The van der Waals surface area contributed by atoms with Crippen molar-refractivity contribution < 1.29 is 5.11 Å². The molecular weight excluding hydrogens is 222 g/mol. The van der Waals surface area contributed by atoms with E-state index in [9.17, 15) is 5.11 Å². The average Bonchev–Trinajstić information content (AvgIpc) is 2.35. The molecule has 1 N–H and O–H groups in total. The standard InChI is InChI=1S/C16H27NO/c1-5-16(6-2)17(9-10-18)12-15-11-13(3)7-8-14(15)4/h7-8,11,16,18H,5-6,9-10,12H2,1-4H3. The second-order valence-corrected chi connectivity index (χ2v) is 5.09. The Labute approximate surface area is 112 Å². The molecule has 1 aromatic rings. The molecule has 0 fully saturated rings. The van der Waals surface area contributed by atoms with Gasteiger partial charge in [-0.2, -0.15) is 0 Å². The molecule has 0 aliphatic carbocycles. The number of aryl methyl sites for hydroxylation is 2. The maximum Gasteiger partial charge on any atom is 0.0558 e. The lowest BCUT2D eigenvalue weighted by Gasteiger charge is -2.30. The van der Waals surface area contributed by atoms with Crippen molar-refractivity contribution in [3.8, 4) is 0 Å². The van der Waals surface area contributed by atoms with Crippen molar-refractivity contribution >= 4 is 0 Å². The molecule has 1 rings (SSSR count). The minimum Gasteiger partial charge on any atom is -0.395 e. The molecule has 0 spiro atoms. The summed E-state index contributed by atoms with van der Waals surface area (Å²) >= 11 is 0. The summed E-state index contributed by atoms with van der Waals surface area (Å²) < 4.78 is 0. The van der Waals surface area contributed by atoms with Gasteiger partial charge >= 0.3 is 0 Å². The molecule has 0 atom stereocenters. The molecular formula is C16H27NO. The van der Waals surface area contributed by atoms with Crippen molar-refractivity contribution in [3.05, 3.63) is 34.9 Å². The van der Waals surface area contributed by atoms with Gasteiger partial charge in [0.25, 0.3) is 0 Å². The van der Waals surface area contributed by atoms with E-state index < -0.39 is 0 Å². The van der Waals surface area contributed by atoms with Gasteiger partial charge in [-0.05, 0) is 37.8 Å². The Morgan fingerprint density at radius 1 is 1.17 bits per heavy atom. The first-order valence-electron chi connectivity index (χ1n) is 7.03. The van der Waals surface area contributed by atoms with Crippen LogP contribution in [0.15, 0.2) is 18.2 Å². The summed E-state index contributed by atoms with van der Waals surface area (Å²) in [5.74, 6) is 0. The number of hydrogen-bond donors (Lipinski definition) is 1. The van der Waals surface area contributed by atoms with Gasteiger partial charge in [0.05, 0.1) is 6.61 Å². The van der Waals surface area contributed by atoms with Gasteiger partial charge in [0, 0.05) is 19.1 Å². The van der Waals surface area contributed by atoms with Crippen molar-refractivity contribution in [3.63, 3.8) is 0 Å². The Bertz CT molecular complexity index is 358. The smallest absolute Gasteiger partial charge is 0.0558 e. The zero-order chi connectivity index (χ0) is 13.5. The van der Waals surface area contributed by atoms with Gasteiger partial charge in [0.2, 0.25) is 0 Å². The van der Waals surface area contributed by atoms with Gasteiger partial charge in [0.1, 0.15) is 0 Å². The highest BCUT2D eigenvalue weighted by atomic mass is 16.3. The van der Waals surface area contributed by atoms with Gasteiger partial charge < -0.3 is 5.11 Å². The highest BCUT2D eigenvalue weighted by Crippen LogP contribution is 2.17. The van der Waals surface area contributed by atoms with E-state index in [4.69, 9.17) is 0 Å². The molecule has 1 aromatic carbocycles. The van der Waals surface area contributed by atoms with Crippen LogP contribution in [0.25, 0.3) is 0 Å². The van der Waals surface area contributed by atoms with Gasteiger partial charge in [-0.3, -0.25) is 4.90 Å².